The van der Waals surface area contributed by atoms with Gasteiger partial charge in [0.05, 0.1) is 5.92 Å². The molecule has 1 unspecified atom stereocenters. The molecule has 3 aromatic rings. The number of fused-ring (bicyclic) bond motifs is 3. The van der Waals surface area contributed by atoms with Gasteiger partial charge >= 0.3 is 0 Å². The van der Waals surface area contributed by atoms with Gasteiger partial charge in [-0.05, 0) is 37.8 Å². The molecule has 6 nitrogen and oxygen atoms in total. The maximum Gasteiger partial charge on any atom is 0.227 e. The number of rotatable bonds is 3. The van der Waals surface area contributed by atoms with E-state index in [0.29, 0.717) is 11.9 Å². The van der Waals surface area contributed by atoms with Crippen molar-refractivity contribution in [3.05, 3.63) is 30.7 Å². The smallest absolute Gasteiger partial charge is 0.227 e. The van der Waals surface area contributed by atoms with Gasteiger partial charge in [-0.1, -0.05) is 0 Å². The number of anilines is 1. The van der Waals surface area contributed by atoms with E-state index in [2.05, 4.69) is 20.9 Å². The Bertz CT molecular complexity index is 977. The Morgan fingerprint density at radius 1 is 1.27 bits per heavy atom. The van der Waals surface area contributed by atoms with Crippen molar-refractivity contribution in [3.8, 4) is 0 Å². The number of piperidine rings is 1. The van der Waals surface area contributed by atoms with Crippen LogP contribution in [0.1, 0.15) is 25.7 Å². The van der Waals surface area contributed by atoms with Crippen LogP contribution in [-0.2, 0) is 4.79 Å². The molecule has 1 amide bonds. The molecule has 5 rings (SSSR count). The van der Waals surface area contributed by atoms with E-state index in [1.165, 1.54) is 0 Å². The molecule has 2 aliphatic rings. The zero-order valence-corrected chi connectivity index (χ0v) is 15.0. The molecule has 1 saturated carbocycles. The molecule has 1 N–H and O–H groups in total. The van der Waals surface area contributed by atoms with E-state index >= 15 is 0 Å². The van der Waals surface area contributed by atoms with Gasteiger partial charge in [0.1, 0.15) is 11.5 Å². The second-order valence-electron chi connectivity index (χ2n) is 7.56. The van der Waals surface area contributed by atoms with Crippen molar-refractivity contribution < 1.29 is 4.79 Å². The van der Waals surface area contributed by atoms with Crippen LogP contribution in [0.2, 0.25) is 0 Å². The van der Waals surface area contributed by atoms with E-state index in [9.17, 15) is 4.79 Å². The van der Waals surface area contributed by atoms with E-state index in [1.807, 2.05) is 36.6 Å². The van der Waals surface area contributed by atoms with Crippen molar-refractivity contribution in [1.29, 1.82) is 0 Å². The molecule has 2 fully saturated rings. The molecule has 26 heavy (non-hydrogen) atoms. The topological polar surface area (TPSA) is 65.1 Å². The van der Waals surface area contributed by atoms with Gasteiger partial charge in [0.25, 0.3) is 0 Å². The Morgan fingerprint density at radius 3 is 3.00 bits per heavy atom. The van der Waals surface area contributed by atoms with Crippen LogP contribution in [0.4, 0.5) is 5.82 Å². The normalized spacial score (nSPS) is 20.7. The molecule has 6 heteroatoms. The van der Waals surface area contributed by atoms with Gasteiger partial charge in [-0.25, -0.2) is 9.97 Å². The number of H-pyrrole nitrogens is 1. The fourth-order valence-electron chi connectivity index (χ4n) is 4.19. The number of carbonyl (C=O) groups excluding carboxylic acids is 1. The Kier molecular flexibility index (Phi) is 3.58. The van der Waals surface area contributed by atoms with Crippen molar-refractivity contribution in [2.75, 3.05) is 25.0 Å². The van der Waals surface area contributed by atoms with Gasteiger partial charge in [-0.15, -0.1) is 0 Å². The highest BCUT2D eigenvalue weighted by Crippen LogP contribution is 2.34. The molecule has 134 valence electrons. The number of nitrogens with zero attached hydrogens (tertiary/aromatic N) is 4. The number of pyridine rings is 2. The van der Waals surface area contributed by atoms with Crippen molar-refractivity contribution in [2.24, 2.45) is 5.92 Å². The van der Waals surface area contributed by atoms with E-state index in [0.717, 1.165) is 66.4 Å². The number of hydrogen-bond donors (Lipinski definition) is 1. The van der Waals surface area contributed by atoms with Crippen molar-refractivity contribution in [1.82, 2.24) is 19.9 Å². The maximum atomic E-state index is 12.9. The van der Waals surface area contributed by atoms with Crippen LogP contribution in [-0.4, -0.2) is 51.9 Å². The first-order valence-electron chi connectivity index (χ1n) is 9.45. The SMILES string of the molecule is CN(C(=O)C1CCCN(c2nccc3cnc4[nH]ccc4c23)C1)C1CC1. The summed E-state index contributed by atoms with van der Waals surface area (Å²) in [6, 6.07) is 4.54. The van der Waals surface area contributed by atoms with Gasteiger partial charge in [0, 0.05) is 60.9 Å². The molecule has 0 radical (unpaired) electrons. The molecule has 0 aromatic carbocycles. The van der Waals surface area contributed by atoms with Crippen molar-refractivity contribution in [2.45, 2.75) is 31.7 Å². The third-order valence-electron chi connectivity index (χ3n) is 5.80. The predicted molar refractivity (Wildman–Crippen MR) is 102 cm³/mol. The summed E-state index contributed by atoms with van der Waals surface area (Å²) in [6.07, 6.45) is 9.96. The third-order valence-corrected chi connectivity index (χ3v) is 5.80. The summed E-state index contributed by atoms with van der Waals surface area (Å²) in [4.78, 5) is 29.5. The first-order chi connectivity index (χ1) is 12.7. The van der Waals surface area contributed by atoms with Crippen LogP contribution in [0.15, 0.2) is 30.7 Å². The molecule has 3 aromatic heterocycles. The lowest BCUT2D eigenvalue weighted by Gasteiger charge is -2.35. The Morgan fingerprint density at radius 2 is 2.15 bits per heavy atom. The number of hydrogen-bond acceptors (Lipinski definition) is 4. The first kappa shape index (κ1) is 15.6. The van der Waals surface area contributed by atoms with Crippen LogP contribution in [0.3, 0.4) is 0 Å². The van der Waals surface area contributed by atoms with Crippen LogP contribution >= 0.6 is 0 Å². The standard InChI is InChI=1S/C20H23N5O/c1-24(15-4-5-15)20(26)14-3-2-10-25(12-14)19-17-13(6-8-22-19)11-23-18-16(17)7-9-21-18/h6-9,11,14-15H,2-5,10,12H2,1H3,(H,21,23). The highest BCUT2D eigenvalue weighted by molar-refractivity contribution is 6.10. The van der Waals surface area contributed by atoms with Gasteiger partial charge in [-0.2, -0.15) is 0 Å². The summed E-state index contributed by atoms with van der Waals surface area (Å²) in [5.74, 6) is 1.34. The first-order valence-corrected chi connectivity index (χ1v) is 9.45. The molecule has 1 atom stereocenters. The molecule has 1 aliphatic heterocycles. The number of aromatic amines is 1. The van der Waals surface area contributed by atoms with E-state index in [1.54, 1.807) is 0 Å². The van der Waals surface area contributed by atoms with E-state index < -0.39 is 0 Å². The Hall–Kier alpha value is -2.63. The van der Waals surface area contributed by atoms with Crippen molar-refractivity contribution in [3.63, 3.8) is 0 Å². The number of amides is 1. The van der Waals surface area contributed by atoms with Crippen LogP contribution in [0.5, 0.6) is 0 Å². The Labute approximate surface area is 152 Å². The second-order valence-corrected chi connectivity index (χ2v) is 7.56. The zero-order valence-electron chi connectivity index (χ0n) is 15.0. The molecule has 1 aliphatic carbocycles. The summed E-state index contributed by atoms with van der Waals surface area (Å²) in [5, 5.41) is 3.31. The lowest BCUT2D eigenvalue weighted by molar-refractivity contribution is -0.134. The van der Waals surface area contributed by atoms with Crippen LogP contribution < -0.4 is 4.90 Å². The minimum atomic E-state index is 0.0648. The molecular weight excluding hydrogens is 326 g/mol. The summed E-state index contributed by atoms with van der Waals surface area (Å²) >= 11 is 0. The average molecular weight is 349 g/mol. The molecule has 0 spiro atoms. The fraction of sp³-hybridized carbons (Fsp3) is 0.450. The Balaban J connectivity index is 1.51. The quantitative estimate of drug-likeness (QED) is 0.789. The number of aromatic nitrogens is 3. The number of carbonyl (C=O) groups is 1. The lowest BCUT2D eigenvalue weighted by atomic mass is 9.96. The lowest BCUT2D eigenvalue weighted by Crippen LogP contribution is -2.44. The average Bonchev–Trinajstić information content (AvgIpc) is 3.43. The monoisotopic (exact) mass is 349 g/mol. The summed E-state index contributed by atoms with van der Waals surface area (Å²) in [5.41, 5.74) is 0.879. The van der Waals surface area contributed by atoms with Crippen LogP contribution in [0.25, 0.3) is 21.8 Å². The highest BCUT2D eigenvalue weighted by atomic mass is 16.2. The number of nitrogens with one attached hydrogen (secondary N) is 1. The van der Waals surface area contributed by atoms with Gasteiger partial charge in [0.15, 0.2) is 0 Å². The minimum Gasteiger partial charge on any atom is -0.355 e. The zero-order chi connectivity index (χ0) is 17.7. The predicted octanol–water partition coefficient (Wildman–Crippen LogP) is 2.95. The maximum absolute atomic E-state index is 12.9. The fourth-order valence-corrected chi connectivity index (χ4v) is 4.19. The minimum absolute atomic E-state index is 0.0648. The van der Waals surface area contributed by atoms with Crippen molar-refractivity contribution >= 4 is 33.5 Å². The van der Waals surface area contributed by atoms with E-state index in [-0.39, 0.29) is 5.92 Å². The molecular formula is C20H23N5O. The van der Waals surface area contributed by atoms with Crippen LogP contribution in [0, 0.1) is 5.92 Å². The second kappa shape index (κ2) is 5.97. The summed E-state index contributed by atoms with van der Waals surface area (Å²) in [7, 11) is 1.96. The molecule has 4 heterocycles. The largest absolute Gasteiger partial charge is 0.355 e. The van der Waals surface area contributed by atoms with Gasteiger partial charge in [0.2, 0.25) is 5.91 Å². The molecule has 1 saturated heterocycles. The van der Waals surface area contributed by atoms with Gasteiger partial charge in [-0.3, -0.25) is 4.79 Å². The third kappa shape index (κ3) is 2.52. The van der Waals surface area contributed by atoms with E-state index in [4.69, 9.17) is 4.98 Å². The van der Waals surface area contributed by atoms with Gasteiger partial charge < -0.3 is 14.8 Å². The molecule has 0 bridgehead atoms. The highest BCUT2D eigenvalue weighted by Gasteiger charge is 2.35. The summed E-state index contributed by atoms with van der Waals surface area (Å²) < 4.78 is 0. The summed E-state index contributed by atoms with van der Waals surface area (Å²) in [6.45, 7) is 1.69.